The quantitative estimate of drug-likeness (QED) is 0.818. The highest BCUT2D eigenvalue weighted by molar-refractivity contribution is 6.00. The maximum Gasteiger partial charge on any atom is 0.238 e. The number of fused-ring (bicyclic) bond motifs is 1. The molecule has 1 heterocycles. The summed E-state index contributed by atoms with van der Waals surface area (Å²) >= 11 is 0. The summed E-state index contributed by atoms with van der Waals surface area (Å²) in [5, 5.41) is 16.1. The molecule has 0 saturated carbocycles. The molecular formula is C14H9N3O2. The average Bonchev–Trinajstić information content (AvgIpc) is 2.81. The lowest BCUT2D eigenvalue weighted by molar-refractivity contribution is 0.0994. The van der Waals surface area contributed by atoms with Crippen molar-refractivity contribution < 1.29 is 9.53 Å². The molecular weight excluding hydrogens is 242 g/mol. The van der Waals surface area contributed by atoms with Crippen LogP contribution in [0, 0.1) is 11.3 Å². The van der Waals surface area contributed by atoms with Crippen molar-refractivity contribution in [1.29, 1.82) is 5.26 Å². The standard InChI is InChI=1S/C14H9N3O2/c15-8-10-2-6-14(17-16-10)19-11-3-4-12-9(7-11)1-5-13(12)18/h2-4,6-7H,1,5H2. The van der Waals surface area contributed by atoms with Gasteiger partial charge in [0, 0.05) is 18.1 Å². The van der Waals surface area contributed by atoms with Gasteiger partial charge >= 0.3 is 0 Å². The number of hydrogen-bond donors (Lipinski definition) is 0. The van der Waals surface area contributed by atoms with E-state index in [4.69, 9.17) is 10.00 Å². The van der Waals surface area contributed by atoms with Gasteiger partial charge in [0.1, 0.15) is 11.8 Å². The number of nitriles is 1. The molecule has 5 heteroatoms. The Morgan fingerprint density at radius 2 is 2.05 bits per heavy atom. The van der Waals surface area contributed by atoms with Crippen LogP contribution in [0.3, 0.4) is 0 Å². The summed E-state index contributed by atoms with van der Waals surface area (Å²) in [4.78, 5) is 11.5. The first kappa shape index (κ1) is 11.4. The van der Waals surface area contributed by atoms with E-state index in [1.165, 1.54) is 0 Å². The molecule has 1 aliphatic carbocycles. The Labute approximate surface area is 109 Å². The van der Waals surface area contributed by atoms with Crippen molar-refractivity contribution in [2.24, 2.45) is 0 Å². The highest BCUT2D eigenvalue weighted by Gasteiger charge is 2.19. The number of nitrogens with zero attached hydrogens (tertiary/aromatic N) is 3. The minimum absolute atomic E-state index is 0.180. The molecule has 5 nitrogen and oxygen atoms in total. The maximum atomic E-state index is 11.5. The number of hydrogen-bond acceptors (Lipinski definition) is 5. The van der Waals surface area contributed by atoms with E-state index in [0.29, 0.717) is 18.1 Å². The molecule has 0 amide bonds. The molecule has 0 fully saturated rings. The van der Waals surface area contributed by atoms with Crippen molar-refractivity contribution in [2.75, 3.05) is 0 Å². The molecule has 1 aromatic heterocycles. The van der Waals surface area contributed by atoms with E-state index < -0.39 is 0 Å². The van der Waals surface area contributed by atoms with Gasteiger partial charge in [-0.05, 0) is 36.2 Å². The molecule has 0 atom stereocenters. The summed E-state index contributed by atoms with van der Waals surface area (Å²) in [6.45, 7) is 0. The second kappa shape index (κ2) is 4.50. The van der Waals surface area contributed by atoms with Crippen molar-refractivity contribution in [1.82, 2.24) is 10.2 Å². The second-order valence-electron chi connectivity index (χ2n) is 4.21. The lowest BCUT2D eigenvalue weighted by Crippen LogP contribution is -1.94. The van der Waals surface area contributed by atoms with Gasteiger partial charge in [0.25, 0.3) is 0 Å². The van der Waals surface area contributed by atoms with Crippen LogP contribution in [0.2, 0.25) is 0 Å². The SMILES string of the molecule is N#Cc1ccc(Oc2ccc3c(c2)CCC3=O)nn1. The van der Waals surface area contributed by atoms with Crippen molar-refractivity contribution in [3.63, 3.8) is 0 Å². The molecule has 92 valence electrons. The Morgan fingerprint density at radius 1 is 1.16 bits per heavy atom. The molecule has 19 heavy (non-hydrogen) atoms. The Morgan fingerprint density at radius 3 is 2.79 bits per heavy atom. The van der Waals surface area contributed by atoms with Crippen LogP contribution in [0.4, 0.5) is 0 Å². The van der Waals surface area contributed by atoms with Gasteiger partial charge in [0.05, 0.1) is 0 Å². The summed E-state index contributed by atoms with van der Waals surface area (Å²) < 4.78 is 5.54. The van der Waals surface area contributed by atoms with E-state index in [2.05, 4.69) is 10.2 Å². The van der Waals surface area contributed by atoms with Crippen LogP contribution < -0.4 is 4.74 Å². The summed E-state index contributed by atoms with van der Waals surface area (Å²) in [6.07, 6.45) is 1.32. The van der Waals surface area contributed by atoms with E-state index >= 15 is 0 Å². The number of aryl methyl sites for hydroxylation is 1. The van der Waals surface area contributed by atoms with Crippen LogP contribution in [0.5, 0.6) is 11.6 Å². The van der Waals surface area contributed by atoms with Gasteiger partial charge in [-0.3, -0.25) is 4.79 Å². The van der Waals surface area contributed by atoms with Crippen molar-refractivity contribution >= 4 is 5.78 Å². The Hall–Kier alpha value is -2.74. The lowest BCUT2D eigenvalue weighted by Gasteiger charge is -2.05. The van der Waals surface area contributed by atoms with Crippen LogP contribution in [-0.4, -0.2) is 16.0 Å². The zero-order valence-corrected chi connectivity index (χ0v) is 9.96. The number of carbonyl (C=O) groups is 1. The minimum Gasteiger partial charge on any atom is -0.438 e. The summed E-state index contributed by atoms with van der Waals surface area (Å²) in [7, 11) is 0. The molecule has 3 rings (SSSR count). The fourth-order valence-corrected chi connectivity index (χ4v) is 2.05. The van der Waals surface area contributed by atoms with Crippen molar-refractivity contribution in [3.05, 3.63) is 47.2 Å². The lowest BCUT2D eigenvalue weighted by atomic mass is 10.1. The van der Waals surface area contributed by atoms with Gasteiger partial charge in [-0.25, -0.2) is 0 Å². The zero-order chi connectivity index (χ0) is 13.2. The maximum absolute atomic E-state index is 11.5. The number of rotatable bonds is 2. The molecule has 0 radical (unpaired) electrons. The van der Waals surface area contributed by atoms with E-state index in [9.17, 15) is 4.79 Å². The van der Waals surface area contributed by atoms with Crippen molar-refractivity contribution in [3.8, 4) is 17.7 Å². The van der Waals surface area contributed by atoms with Crippen LogP contribution >= 0.6 is 0 Å². The first-order valence-corrected chi connectivity index (χ1v) is 5.84. The van der Waals surface area contributed by atoms with Gasteiger partial charge in [-0.2, -0.15) is 5.26 Å². The van der Waals surface area contributed by atoms with Crippen LogP contribution in [-0.2, 0) is 6.42 Å². The minimum atomic E-state index is 0.180. The molecule has 0 unspecified atom stereocenters. The topological polar surface area (TPSA) is 75.9 Å². The number of Topliss-reactive ketones (excluding diaryl/α,β-unsaturated/α-hetero) is 1. The van der Waals surface area contributed by atoms with Crippen molar-refractivity contribution in [2.45, 2.75) is 12.8 Å². The van der Waals surface area contributed by atoms with E-state index in [-0.39, 0.29) is 11.5 Å². The molecule has 0 N–H and O–H groups in total. The fourth-order valence-electron chi connectivity index (χ4n) is 2.05. The van der Waals surface area contributed by atoms with E-state index in [0.717, 1.165) is 17.5 Å². The van der Waals surface area contributed by atoms with Crippen LogP contribution in [0.25, 0.3) is 0 Å². The molecule has 1 aliphatic rings. The molecule has 0 bridgehead atoms. The number of carbonyl (C=O) groups excluding carboxylic acids is 1. The fraction of sp³-hybridized carbons (Fsp3) is 0.143. The second-order valence-corrected chi connectivity index (χ2v) is 4.21. The molecule has 2 aromatic rings. The first-order valence-electron chi connectivity index (χ1n) is 5.84. The van der Waals surface area contributed by atoms with Gasteiger partial charge in [-0.15, -0.1) is 10.2 Å². The Bertz CT molecular complexity index is 687. The first-order chi connectivity index (χ1) is 9.26. The third-order valence-corrected chi connectivity index (χ3v) is 2.98. The predicted octanol–water partition coefficient (Wildman–Crippen LogP) is 2.27. The van der Waals surface area contributed by atoms with E-state index in [1.807, 2.05) is 12.1 Å². The molecule has 1 aromatic carbocycles. The largest absolute Gasteiger partial charge is 0.438 e. The Balaban J connectivity index is 1.84. The molecule has 0 aliphatic heterocycles. The number of aromatic nitrogens is 2. The summed E-state index contributed by atoms with van der Waals surface area (Å²) in [5.74, 6) is 1.12. The van der Waals surface area contributed by atoms with Crippen LogP contribution in [0.15, 0.2) is 30.3 Å². The normalized spacial score (nSPS) is 12.9. The molecule has 0 spiro atoms. The van der Waals surface area contributed by atoms with Crippen LogP contribution in [0.1, 0.15) is 28.0 Å². The van der Waals surface area contributed by atoms with E-state index in [1.54, 1.807) is 24.3 Å². The number of benzene rings is 1. The summed E-state index contributed by atoms with van der Waals surface area (Å²) in [6, 6.07) is 10.4. The van der Waals surface area contributed by atoms with Gasteiger partial charge < -0.3 is 4.74 Å². The predicted molar refractivity (Wildman–Crippen MR) is 65.9 cm³/mol. The summed E-state index contributed by atoms with van der Waals surface area (Å²) in [5.41, 5.74) is 2.02. The third kappa shape index (κ3) is 2.16. The van der Waals surface area contributed by atoms with Gasteiger partial charge in [-0.1, -0.05) is 0 Å². The average molecular weight is 251 g/mol. The highest BCUT2D eigenvalue weighted by atomic mass is 16.5. The number of ether oxygens (including phenoxy) is 1. The molecule has 0 saturated heterocycles. The Kier molecular flexibility index (Phi) is 2.69. The zero-order valence-electron chi connectivity index (χ0n) is 9.96. The highest BCUT2D eigenvalue weighted by Crippen LogP contribution is 2.28. The monoisotopic (exact) mass is 251 g/mol. The third-order valence-electron chi connectivity index (χ3n) is 2.98. The smallest absolute Gasteiger partial charge is 0.238 e. The van der Waals surface area contributed by atoms with Gasteiger partial charge in [0.2, 0.25) is 5.88 Å². The number of ketones is 1. The van der Waals surface area contributed by atoms with Gasteiger partial charge in [0.15, 0.2) is 11.5 Å².